The van der Waals surface area contributed by atoms with Gasteiger partial charge in [0, 0.05) is 13.0 Å². The van der Waals surface area contributed by atoms with Crippen LogP contribution in [0.15, 0.2) is 24.3 Å². The molecule has 90 valence electrons. The molecule has 4 heteroatoms. The Morgan fingerprint density at radius 1 is 1.38 bits per heavy atom. The van der Waals surface area contributed by atoms with Crippen LogP contribution in [0.2, 0.25) is 0 Å². The Balaban J connectivity index is 0.00000128. The van der Waals surface area contributed by atoms with Gasteiger partial charge in [-0.25, -0.2) is 0 Å². The van der Waals surface area contributed by atoms with Gasteiger partial charge in [-0.15, -0.1) is 12.4 Å². The molecule has 1 saturated heterocycles. The highest BCUT2D eigenvalue weighted by molar-refractivity contribution is 5.85. The molecule has 2 N–H and O–H groups in total. The number of phenolic OH excluding ortho intramolecular Hbond substituents is 1. The zero-order chi connectivity index (χ0) is 10.7. The van der Waals surface area contributed by atoms with E-state index in [-0.39, 0.29) is 18.6 Å². The summed E-state index contributed by atoms with van der Waals surface area (Å²) in [5.41, 5.74) is 1.18. The standard InChI is InChI=1S/C12H17NO2.ClH/c1-9-7-13-12(15-8-9)6-10-2-4-11(14)5-3-10;/h2-5,9,12-14H,6-8H2,1H3;1H. The second-order valence-electron chi connectivity index (χ2n) is 4.21. The van der Waals surface area contributed by atoms with Crippen molar-refractivity contribution in [3.63, 3.8) is 0 Å². The Kier molecular flexibility index (Phi) is 5.06. The zero-order valence-corrected chi connectivity index (χ0v) is 10.2. The molecule has 0 bridgehead atoms. The molecule has 0 spiro atoms. The van der Waals surface area contributed by atoms with Crippen molar-refractivity contribution >= 4 is 12.4 Å². The van der Waals surface area contributed by atoms with Crippen LogP contribution in [-0.4, -0.2) is 24.5 Å². The first-order chi connectivity index (χ1) is 7.24. The summed E-state index contributed by atoms with van der Waals surface area (Å²) in [6.07, 6.45) is 0.971. The van der Waals surface area contributed by atoms with E-state index in [2.05, 4.69) is 12.2 Å². The maximum atomic E-state index is 9.15. The highest BCUT2D eigenvalue weighted by atomic mass is 35.5. The van der Waals surface area contributed by atoms with E-state index >= 15 is 0 Å². The number of hydrogen-bond donors (Lipinski definition) is 2. The van der Waals surface area contributed by atoms with Crippen LogP contribution in [-0.2, 0) is 11.2 Å². The van der Waals surface area contributed by atoms with Gasteiger partial charge in [0.05, 0.1) is 6.61 Å². The Hall–Kier alpha value is -0.770. The molecule has 0 aromatic heterocycles. The van der Waals surface area contributed by atoms with Crippen molar-refractivity contribution in [1.82, 2.24) is 5.32 Å². The summed E-state index contributed by atoms with van der Waals surface area (Å²) in [5.74, 6) is 0.908. The van der Waals surface area contributed by atoms with E-state index in [1.54, 1.807) is 12.1 Å². The molecule has 2 rings (SSSR count). The maximum Gasteiger partial charge on any atom is 0.115 e. The molecular formula is C12H18ClNO2. The quantitative estimate of drug-likeness (QED) is 0.834. The van der Waals surface area contributed by atoms with Crippen LogP contribution in [0, 0.1) is 5.92 Å². The fourth-order valence-corrected chi connectivity index (χ4v) is 1.71. The lowest BCUT2D eigenvalue weighted by Crippen LogP contribution is -2.43. The summed E-state index contributed by atoms with van der Waals surface area (Å²) in [7, 11) is 0. The monoisotopic (exact) mass is 243 g/mol. The molecule has 1 aliphatic rings. The summed E-state index contributed by atoms with van der Waals surface area (Å²) in [6, 6.07) is 7.28. The molecule has 0 amide bonds. The SMILES string of the molecule is CC1CNC(Cc2ccc(O)cc2)OC1.Cl. The lowest BCUT2D eigenvalue weighted by atomic mass is 10.1. The van der Waals surface area contributed by atoms with Crippen molar-refractivity contribution in [3.05, 3.63) is 29.8 Å². The number of aromatic hydroxyl groups is 1. The second kappa shape index (κ2) is 6.09. The first-order valence-corrected chi connectivity index (χ1v) is 5.37. The fourth-order valence-electron chi connectivity index (χ4n) is 1.71. The van der Waals surface area contributed by atoms with Gasteiger partial charge in [-0.1, -0.05) is 19.1 Å². The van der Waals surface area contributed by atoms with Crippen molar-refractivity contribution in [1.29, 1.82) is 0 Å². The fraction of sp³-hybridized carbons (Fsp3) is 0.500. The van der Waals surface area contributed by atoms with E-state index in [9.17, 15) is 0 Å². The smallest absolute Gasteiger partial charge is 0.115 e. The van der Waals surface area contributed by atoms with E-state index in [4.69, 9.17) is 9.84 Å². The topological polar surface area (TPSA) is 41.5 Å². The molecule has 1 aromatic rings. The van der Waals surface area contributed by atoms with Gasteiger partial charge in [-0.05, 0) is 23.6 Å². The molecule has 3 nitrogen and oxygen atoms in total. The van der Waals surface area contributed by atoms with Crippen molar-refractivity contribution in [3.8, 4) is 5.75 Å². The van der Waals surface area contributed by atoms with E-state index < -0.39 is 0 Å². The van der Waals surface area contributed by atoms with E-state index in [0.717, 1.165) is 19.6 Å². The van der Waals surface area contributed by atoms with Gasteiger partial charge in [0.2, 0.25) is 0 Å². The minimum atomic E-state index is 0. The van der Waals surface area contributed by atoms with Crippen molar-refractivity contribution in [2.45, 2.75) is 19.6 Å². The normalized spacial score (nSPS) is 24.8. The van der Waals surface area contributed by atoms with Gasteiger partial charge in [-0.3, -0.25) is 5.32 Å². The molecule has 0 aliphatic carbocycles. The highest BCUT2D eigenvalue weighted by Crippen LogP contribution is 2.13. The molecular weight excluding hydrogens is 226 g/mol. The molecule has 0 radical (unpaired) electrons. The molecule has 1 aliphatic heterocycles. The molecule has 2 unspecified atom stereocenters. The van der Waals surface area contributed by atoms with Crippen LogP contribution in [0.4, 0.5) is 0 Å². The summed E-state index contributed by atoms with van der Waals surface area (Å²) >= 11 is 0. The second-order valence-corrected chi connectivity index (χ2v) is 4.21. The molecule has 2 atom stereocenters. The van der Waals surface area contributed by atoms with E-state index in [0.29, 0.717) is 11.7 Å². The number of benzene rings is 1. The number of nitrogens with one attached hydrogen (secondary N) is 1. The van der Waals surface area contributed by atoms with Gasteiger partial charge in [0.1, 0.15) is 12.0 Å². The van der Waals surface area contributed by atoms with Crippen LogP contribution in [0.1, 0.15) is 12.5 Å². The lowest BCUT2D eigenvalue weighted by Gasteiger charge is -2.28. The summed E-state index contributed by atoms with van der Waals surface area (Å²) in [4.78, 5) is 0. The summed E-state index contributed by atoms with van der Waals surface area (Å²) in [6.45, 7) is 4.02. The first-order valence-electron chi connectivity index (χ1n) is 5.37. The average molecular weight is 244 g/mol. The predicted molar refractivity (Wildman–Crippen MR) is 66.0 cm³/mol. The third kappa shape index (κ3) is 3.67. The molecule has 1 fully saturated rings. The Morgan fingerprint density at radius 2 is 2.06 bits per heavy atom. The molecule has 1 heterocycles. The Morgan fingerprint density at radius 3 is 2.62 bits per heavy atom. The van der Waals surface area contributed by atoms with Gasteiger partial charge in [0.25, 0.3) is 0 Å². The van der Waals surface area contributed by atoms with Crippen LogP contribution < -0.4 is 5.32 Å². The van der Waals surface area contributed by atoms with Gasteiger partial charge < -0.3 is 9.84 Å². The zero-order valence-electron chi connectivity index (χ0n) is 9.35. The summed E-state index contributed by atoms with van der Waals surface area (Å²) in [5, 5.41) is 12.5. The number of hydrogen-bond acceptors (Lipinski definition) is 3. The van der Waals surface area contributed by atoms with E-state index in [1.807, 2.05) is 12.1 Å². The van der Waals surface area contributed by atoms with Crippen LogP contribution >= 0.6 is 12.4 Å². The number of ether oxygens (including phenoxy) is 1. The van der Waals surface area contributed by atoms with Crippen LogP contribution in [0.5, 0.6) is 5.75 Å². The molecule has 16 heavy (non-hydrogen) atoms. The predicted octanol–water partition coefficient (Wildman–Crippen LogP) is 1.94. The Labute approximate surface area is 102 Å². The molecule has 1 aromatic carbocycles. The van der Waals surface area contributed by atoms with Crippen molar-refractivity contribution in [2.75, 3.05) is 13.2 Å². The minimum Gasteiger partial charge on any atom is -0.508 e. The van der Waals surface area contributed by atoms with Crippen molar-refractivity contribution in [2.24, 2.45) is 5.92 Å². The minimum absolute atomic E-state index is 0. The number of phenols is 1. The third-order valence-electron chi connectivity index (χ3n) is 2.63. The third-order valence-corrected chi connectivity index (χ3v) is 2.63. The summed E-state index contributed by atoms with van der Waals surface area (Å²) < 4.78 is 5.65. The Bertz CT molecular complexity index is 307. The lowest BCUT2D eigenvalue weighted by molar-refractivity contribution is -0.0228. The van der Waals surface area contributed by atoms with Crippen molar-refractivity contribution < 1.29 is 9.84 Å². The van der Waals surface area contributed by atoms with Crippen LogP contribution in [0.25, 0.3) is 0 Å². The number of halogens is 1. The van der Waals surface area contributed by atoms with Crippen LogP contribution in [0.3, 0.4) is 0 Å². The van der Waals surface area contributed by atoms with Gasteiger partial charge in [0.15, 0.2) is 0 Å². The maximum absolute atomic E-state index is 9.15. The number of rotatable bonds is 2. The van der Waals surface area contributed by atoms with Gasteiger partial charge >= 0.3 is 0 Å². The first kappa shape index (κ1) is 13.3. The molecule has 0 saturated carbocycles. The highest BCUT2D eigenvalue weighted by Gasteiger charge is 2.17. The average Bonchev–Trinajstić information content (AvgIpc) is 2.25. The van der Waals surface area contributed by atoms with Gasteiger partial charge in [-0.2, -0.15) is 0 Å². The van der Waals surface area contributed by atoms with E-state index in [1.165, 1.54) is 5.56 Å². The largest absolute Gasteiger partial charge is 0.508 e.